The molecule has 106 valence electrons. The maximum atomic E-state index is 9.86. The number of rotatable bonds is 6. The molecule has 2 rings (SSSR count). The summed E-state index contributed by atoms with van der Waals surface area (Å²) in [5, 5.41) is 9.86. The largest absolute Gasteiger partial charge is 0.477 e. The lowest BCUT2D eigenvalue weighted by atomic mass is 9.90. The Morgan fingerprint density at radius 1 is 1.32 bits per heavy atom. The van der Waals surface area contributed by atoms with Gasteiger partial charge in [-0.2, -0.15) is 0 Å². The zero-order chi connectivity index (χ0) is 13.5. The number of nitrogens with two attached hydrogens (primary N) is 1. The summed E-state index contributed by atoms with van der Waals surface area (Å²) in [7, 11) is 0. The summed E-state index contributed by atoms with van der Waals surface area (Å²) in [5.41, 5.74) is 6.09. The van der Waals surface area contributed by atoms with E-state index in [0.717, 1.165) is 6.61 Å². The summed E-state index contributed by atoms with van der Waals surface area (Å²) in [6, 6.07) is 5.54. The van der Waals surface area contributed by atoms with Crippen molar-refractivity contribution in [2.75, 3.05) is 13.2 Å². The fourth-order valence-electron chi connectivity index (χ4n) is 2.56. The lowest BCUT2D eigenvalue weighted by Gasteiger charge is -2.21. The summed E-state index contributed by atoms with van der Waals surface area (Å²) >= 11 is 0. The molecule has 0 unspecified atom stereocenters. The summed E-state index contributed by atoms with van der Waals surface area (Å²) in [6.45, 7) is 1.19. The van der Waals surface area contributed by atoms with Crippen LogP contribution in [0.5, 0.6) is 5.88 Å². The predicted molar refractivity (Wildman–Crippen MR) is 74.9 cm³/mol. The molecular formula is C15H24N2O2. The van der Waals surface area contributed by atoms with Crippen molar-refractivity contribution in [2.45, 2.75) is 44.6 Å². The second-order valence-corrected chi connectivity index (χ2v) is 5.31. The average Bonchev–Trinajstić information content (AvgIpc) is 2.47. The lowest BCUT2D eigenvalue weighted by molar-refractivity contribution is 0.161. The monoisotopic (exact) mass is 264 g/mol. The van der Waals surface area contributed by atoms with Crippen molar-refractivity contribution in [3.63, 3.8) is 0 Å². The molecule has 0 radical (unpaired) electrons. The van der Waals surface area contributed by atoms with Crippen LogP contribution in [0.2, 0.25) is 0 Å². The first-order chi connectivity index (χ1) is 9.29. The molecular weight excluding hydrogens is 240 g/mol. The van der Waals surface area contributed by atoms with E-state index >= 15 is 0 Å². The molecule has 1 fully saturated rings. The first-order valence-corrected chi connectivity index (χ1v) is 7.27. The van der Waals surface area contributed by atoms with Crippen molar-refractivity contribution in [3.05, 3.63) is 23.9 Å². The second kappa shape index (κ2) is 7.46. The van der Waals surface area contributed by atoms with Crippen LogP contribution >= 0.6 is 0 Å². The topological polar surface area (TPSA) is 68.4 Å². The molecule has 0 amide bonds. The Morgan fingerprint density at radius 3 is 2.84 bits per heavy atom. The minimum absolute atomic E-state index is 0.454. The van der Waals surface area contributed by atoms with Crippen LogP contribution in [0.1, 0.15) is 50.3 Å². The van der Waals surface area contributed by atoms with Crippen LogP contribution in [0.3, 0.4) is 0 Å². The maximum absolute atomic E-state index is 9.86. The van der Waals surface area contributed by atoms with Crippen LogP contribution in [-0.2, 0) is 0 Å². The highest BCUT2D eigenvalue weighted by molar-refractivity contribution is 5.17. The highest BCUT2D eigenvalue weighted by Crippen LogP contribution is 2.24. The van der Waals surface area contributed by atoms with Gasteiger partial charge in [-0.25, -0.2) is 4.98 Å². The molecule has 1 aliphatic rings. The standard InChI is InChI=1S/C15H24N2O2/c16-10-9-14(18)13-7-4-8-15(17-13)19-11-12-5-2-1-3-6-12/h4,7-8,12,14,18H,1-3,5-6,9-11,16H2/t14-/m1/s1. The predicted octanol–water partition coefficient (Wildman–Crippen LogP) is 2.42. The molecule has 0 spiro atoms. The summed E-state index contributed by atoms with van der Waals surface area (Å²) in [4.78, 5) is 4.35. The van der Waals surface area contributed by atoms with Gasteiger partial charge in [0.1, 0.15) is 0 Å². The number of ether oxygens (including phenoxy) is 1. The maximum Gasteiger partial charge on any atom is 0.213 e. The number of hydrogen-bond donors (Lipinski definition) is 2. The van der Waals surface area contributed by atoms with Gasteiger partial charge < -0.3 is 15.6 Å². The van der Waals surface area contributed by atoms with Gasteiger partial charge in [-0.3, -0.25) is 0 Å². The molecule has 1 saturated carbocycles. The molecule has 0 aliphatic heterocycles. The zero-order valence-electron chi connectivity index (χ0n) is 11.4. The molecule has 0 bridgehead atoms. The van der Waals surface area contributed by atoms with E-state index in [0.29, 0.717) is 30.5 Å². The fourth-order valence-corrected chi connectivity index (χ4v) is 2.56. The van der Waals surface area contributed by atoms with Crippen molar-refractivity contribution in [2.24, 2.45) is 11.7 Å². The third-order valence-corrected chi connectivity index (χ3v) is 3.72. The van der Waals surface area contributed by atoms with Gasteiger partial charge in [0.15, 0.2) is 0 Å². The van der Waals surface area contributed by atoms with Crippen LogP contribution < -0.4 is 10.5 Å². The second-order valence-electron chi connectivity index (χ2n) is 5.31. The molecule has 1 aliphatic carbocycles. The Bertz CT molecular complexity index is 378. The van der Waals surface area contributed by atoms with E-state index in [4.69, 9.17) is 10.5 Å². The van der Waals surface area contributed by atoms with Crippen molar-refractivity contribution in [1.29, 1.82) is 0 Å². The normalized spacial score (nSPS) is 18.2. The average molecular weight is 264 g/mol. The first kappa shape index (κ1) is 14.3. The molecule has 4 nitrogen and oxygen atoms in total. The Kier molecular flexibility index (Phi) is 5.61. The van der Waals surface area contributed by atoms with Crippen LogP contribution in [0.25, 0.3) is 0 Å². The van der Waals surface area contributed by atoms with Gasteiger partial charge in [0, 0.05) is 6.07 Å². The number of aliphatic hydroxyl groups is 1. The summed E-state index contributed by atoms with van der Waals surface area (Å²) < 4.78 is 5.76. The Morgan fingerprint density at radius 2 is 2.11 bits per heavy atom. The van der Waals surface area contributed by atoms with Crippen LogP contribution in [-0.4, -0.2) is 23.2 Å². The Hall–Kier alpha value is -1.13. The minimum Gasteiger partial charge on any atom is -0.477 e. The molecule has 19 heavy (non-hydrogen) atoms. The molecule has 3 N–H and O–H groups in total. The van der Waals surface area contributed by atoms with E-state index in [1.807, 2.05) is 18.2 Å². The van der Waals surface area contributed by atoms with Crippen LogP contribution in [0.15, 0.2) is 18.2 Å². The highest BCUT2D eigenvalue weighted by atomic mass is 16.5. The van der Waals surface area contributed by atoms with E-state index < -0.39 is 6.10 Å². The quantitative estimate of drug-likeness (QED) is 0.828. The van der Waals surface area contributed by atoms with E-state index in [-0.39, 0.29) is 0 Å². The zero-order valence-corrected chi connectivity index (χ0v) is 11.4. The van der Waals surface area contributed by atoms with Crippen molar-refractivity contribution >= 4 is 0 Å². The van der Waals surface area contributed by atoms with Crippen LogP contribution in [0.4, 0.5) is 0 Å². The van der Waals surface area contributed by atoms with Crippen molar-refractivity contribution in [3.8, 4) is 5.88 Å². The van der Waals surface area contributed by atoms with Crippen molar-refractivity contribution in [1.82, 2.24) is 4.98 Å². The molecule has 1 aromatic rings. The fraction of sp³-hybridized carbons (Fsp3) is 0.667. The Balaban J connectivity index is 1.87. The smallest absolute Gasteiger partial charge is 0.213 e. The van der Waals surface area contributed by atoms with E-state index in [1.54, 1.807) is 0 Å². The Labute approximate surface area is 115 Å². The first-order valence-electron chi connectivity index (χ1n) is 7.27. The lowest BCUT2D eigenvalue weighted by Crippen LogP contribution is -2.16. The summed E-state index contributed by atoms with van der Waals surface area (Å²) in [6.07, 6.45) is 6.44. The number of hydrogen-bond acceptors (Lipinski definition) is 4. The molecule has 1 atom stereocenters. The van der Waals surface area contributed by atoms with Crippen molar-refractivity contribution < 1.29 is 9.84 Å². The van der Waals surface area contributed by atoms with Gasteiger partial charge in [0.2, 0.25) is 5.88 Å². The summed E-state index contributed by atoms with van der Waals surface area (Å²) in [5.74, 6) is 1.27. The van der Waals surface area contributed by atoms with Gasteiger partial charge in [-0.15, -0.1) is 0 Å². The van der Waals surface area contributed by atoms with Crippen LogP contribution in [0, 0.1) is 5.92 Å². The van der Waals surface area contributed by atoms with Gasteiger partial charge >= 0.3 is 0 Å². The molecule has 4 heteroatoms. The molecule has 0 saturated heterocycles. The number of pyridine rings is 1. The van der Waals surface area contributed by atoms with Gasteiger partial charge in [-0.05, 0) is 37.8 Å². The number of nitrogens with zero attached hydrogens (tertiary/aromatic N) is 1. The van der Waals surface area contributed by atoms with E-state index in [2.05, 4.69) is 4.98 Å². The van der Waals surface area contributed by atoms with Gasteiger partial charge in [0.25, 0.3) is 0 Å². The number of aromatic nitrogens is 1. The van der Waals surface area contributed by atoms with E-state index in [1.165, 1.54) is 32.1 Å². The highest BCUT2D eigenvalue weighted by Gasteiger charge is 2.15. The molecule has 1 heterocycles. The molecule has 1 aromatic heterocycles. The third kappa shape index (κ3) is 4.48. The minimum atomic E-state index is -0.594. The molecule has 0 aromatic carbocycles. The van der Waals surface area contributed by atoms with E-state index in [9.17, 15) is 5.11 Å². The van der Waals surface area contributed by atoms with Gasteiger partial charge in [-0.1, -0.05) is 25.3 Å². The number of aliphatic hydroxyl groups excluding tert-OH is 1. The van der Waals surface area contributed by atoms with Gasteiger partial charge in [0.05, 0.1) is 18.4 Å². The third-order valence-electron chi connectivity index (χ3n) is 3.72. The SMILES string of the molecule is NCC[C@@H](O)c1cccc(OCC2CCCCC2)n1.